The van der Waals surface area contributed by atoms with Gasteiger partial charge in [0.25, 0.3) is 0 Å². The molecule has 1 aromatic rings. The van der Waals surface area contributed by atoms with Gasteiger partial charge in [0, 0.05) is 18.3 Å². The maximum Gasteiger partial charge on any atom is 0.240 e. The molecular formula is C12H21N3O3S. The first-order valence-corrected chi connectivity index (χ1v) is 7.68. The third-order valence-corrected chi connectivity index (χ3v) is 4.98. The largest absolute Gasteiger partial charge is 0.273 e. The molecule has 0 aliphatic heterocycles. The Morgan fingerprint density at radius 2 is 1.79 bits per heavy atom. The summed E-state index contributed by atoms with van der Waals surface area (Å²) in [5.74, 6) is -1.07. The molecule has 0 saturated heterocycles. The molecule has 0 radical (unpaired) electrons. The normalized spacial score (nSPS) is 13.6. The van der Waals surface area contributed by atoms with Crippen LogP contribution in [0.15, 0.2) is 0 Å². The summed E-state index contributed by atoms with van der Waals surface area (Å²) in [5.41, 5.74) is 2.38. The lowest BCUT2D eigenvalue weighted by Gasteiger charge is -2.15. The number of rotatable bonds is 4. The van der Waals surface area contributed by atoms with Crippen LogP contribution in [-0.4, -0.2) is 29.4 Å². The van der Waals surface area contributed by atoms with Crippen molar-refractivity contribution < 1.29 is 13.2 Å². The second kappa shape index (κ2) is 5.32. The molecular weight excluding hydrogens is 266 g/mol. The SMILES string of the molecule is Cc1nn(C)c(C)c1C(C)C(=O)NS(=O)(=O)C(C)C. The van der Waals surface area contributed by atoms with Crippen molar-refractivity contribution in [1.82, 2.24) is 14.5 Å². The van der Waals surface area contributed by atoms with Gasteiger partial charge >= 0.3 is 0 Å². The van der Waals surface area contributed by atoms with Gasteiger partial charge in [-0.25, -0.2) is 8.42 Å². The average Bonchev–Trinajstić information content (AvgIpc) is 2.51. The molecule has 0 aromatic carbocycles. The number of aromatic nitrogens is 2. The first kappa shape index (κ1) is 15.7. The zero-order chi connectivity index (χ0) is 15.0. The summed E-state index contributed by atoms with van der Waals surface area (Å²) in [4.78, 5) is 12.0. The molecule has 1 amide bonds. The van der Waals surface area contributed by atoms with Crippen molar-refractivity contribution in [2.45, 2.75) is 45.8 Å². The first-order valence-electron chi connectivity index (χ1n) is 6.13. The second-order valence-corrected chi connectivity index (χ2v) is 7.23. The molecule has 7 heteroatoms. The summed E-state index contributed by atoms with van der Waals surface area (Å²) >= 11 is 0. The third-order valence-electron chi connectivity index (χ3n) is 3.25. The molecule has 19 heavy (non-hydrogen) atoms. The molecule has 1 unspecified atom stereocenters. The number of nitrogens with one attached hydrogen (secondary N) is 1. The topological polar surface area (TPSA) is 81.1 Å². The molecule has 0 spiro atoms. The monoisotopic (exact) mass is 287 g/mol. The quantitative estimate of drug-likeness (QED) is 0.895. The fraction of sp³-hybridized carbons (Fsp3) is 0.667. The van der Waals surface area contributed by atoms with Crippen LogP contribution in [0.5, 0.6) is 0 Å². The lowest BCUT2D eigenvalue weighted by Crippen LogP contribution is -2.38. The number of aryl methyl sites for hydroxylation is 2. The molecule has 1 heterocycles. The lowest BCUT2D eigenvalue weighted by molar-refractivity contribution is -0.120. The minimum absolute atomic E-state index is 0.520. The van der Waals surface area contributed by atoms with Gasteiger partial charge in [-0.1, -0.05) is 0 Å². The van der Waals surface area contributed by atoms with Crippen LogP contribution >= 0.6 is 0 Å². The Labute approximate surface area is 114 Å². The smallest absolute Gasteiger partial charge is 0.240 e. The van der Waals surface area contributed by atoms with Crippen LogP contribution in [0.2, 0.25) is 0 Å². The summed E-state index contributed by atoms with van der Waals surface area (Å²) in [7, 11) is -1.80. The first-order chi connectivity index (χ1) is 8.58. The molecule has 6 nitrogen and oxygen atoms in total. The van der Waals surface area contributed by atoms with E-state index in [-0.39, 0.29) is 0 Å². The van der Waals surface area contributed by atoms with Gasteiger partial charge in [-0.05, 0) is 34.6 Å². The fourth-order valence-electron chi connectivity index (χ4n) is 1.89. The standard InChI is InChI=1S/C12H21N3O3S/c1-7(2)19(17,18)14-12(16)8(3)11-9(4)13-15(6)10(11)5/h7-8H,1-6H3,(H,14,16). The number of sulfonamides is 1. The molecule has 0 saturated carbocycles. The van der Waals surface area contributed by atoms with E-state index in [1.807, 2.05) is 13.8 Å². The molecule has 108 valence electrons. The van der Waals surface area contributed by atoms with E-state index >= 15 is 0 Å². The van der Waals surface area contributed by atoms with E-state index < -0.39 is 27.1 Å². The van der Waals surface area contributed by atoms with Crippen LogP contribution in [0, 0.1) is 13.8 Å². The van der Waals surface area contributed by atoms with Crippen LogP contribution < -0.4 is 4.72 Å². The Morgan fingerprint density at radius 3 is 2.16 bits per heavy atom. The van der Waals surface area contributed by atoms with Crippen molar-refractivity contribution in [3.8, 4) is 0 Å². The van der Waals surface area contributed by atoms with Crippen molar-refractivity contribution in [2.24, 2.45) is 7.05 Å². The highest BCUT2D eigenvalue weighted by Gasteiger charge is 2.27. The van der Waals surface area contributed by atoms with Gasteiger partial charge in [-0.3, -0.25) is 14.2 Å². The van der Waals surface area contributed by atoms with Crippen LogP contribution in [0.1, 0.15) is 43.6 Å². The summed E-state index contributed by atoms with van der Waals surface area (Å²) in [6.07, 6.45) is 0. The predicted molar refractivity (Wildman–Crippen MR) is 73.3 cm³/mol. The van der Waals surface area contributed by atoms with Crippen molar-refractivity contribution in [2.75, 3.05) is 0 Å². The number of hydrogen-bond acceptors (Lipinski definition) is 4. The lowest BCUT2D eigenvalue weighted by atomic mass is 9.99. The molecule has 1 rings (SSSR count). The van der Waals surface area contributed by atoms with Gasteiger partial charge in [0.2, 0.25) is 15.9 Å². The van der Waals surface area contributed by atoms with Gasteiger partial charge in [0.1, 0.15) is 0 Å². The Bertz CT molecular complexity index is 588. The predicted octanol–water partition coefficient (Wildman–Crippen LogP) is 0.995. The van der Waals surface area contributed by atoms with Gasteiger partial charge < -0.3 is 0 Å². The Kier molecular flexibility index (Phi) is 4.39. The second-order valence-electron chi connectivity index (χ2n) is 4.99. The Morgan fingerprint density at radius 1 is 1.26 bits per heavy atom. The van der Waals surface area contributed by atoms with E-state index in [1.54, 1.807) is 18.7 Å². The number of amides is 1. The number of carbonyl (C=O) groups is 1. The molecule has 0 aliphatic carbocycles. The van der Waals surface area contributed by atoms with Crippen molar-refractivity contribution in [3.05, 3.63) is 17.0 Å². The third kappa shape index (κ3) is 3.15. The highest BCUT2D eigenvalue weighted by molar-refractivity contribution is 7.90. The molecule has 0 aliphatic rings. The van der Waals surface area contributed by atoms with Gasteiger partial charge in [0.05, 0.1) is 16.9 Å². The van der Waals surface area contributed by atoms with Crippen molar-refractivity contribution in [3.63, 3.8) is 0 Å². The molecule has 0 fully saturated rings. The summed E-state index contributed by atoms with van der Waals surface area (Å²) in [5, 5.41) is 3.59. The van der Waals surface area contributed by atoms with E-state index in [0.717, 1.165) is 17.0 Å². The summed E-state index contributed by atoms with van der Waals surface area (Å²) in [6, 6.07) is 0. The maximum atomic E-state index is 12.0. The van der Waals surface area contributed by atoms with Crippen LogP contribution in [0.4, 0.5) is 0 Å². The Hall–Kier alpha value is -1.37. The van der Waals surface area contributed by atoms with Crippen LogP contribution in [0.3, 0.4) is 0 Å². The van der Waals surface area contributed by atoms with Crippen LogP contribution in [0.25, 0.3) is 0 Å². The Balaban J connectivity index is 3.02. The fourth-order valence-corrected chi connectivity index (χ4v) is 2.59. The van der Waals surface area contributed by atoms with E-state index in [0.29, 0.717) is 0 Å². The molecule has 0 bridgehead atoms. The summed E-state index contributed by atoms with van der Waals surface area (Å²) in [6.45, 7) is 8.41. The molecule has 1 N–H and O–H groups in total. The van der Waals surface area contributed by atoms with E-state index in [9.17, 15) is 13.2 Å². The zero-order valence-electron chi connectivity index (χ0n) is 12.2. The van der Waals surface area contributed by atoms with Gasteiger partial charge in [-0.2, -0.15) is 5.10 Å². The highest BCUT2D eigenvalue weighted by atomic mass is 32.2. The minimum Gasteiger partial charge on any atom is -0.273 e. The molecule has 1 atom stereocenters. The van der Waals surface area contributed by atoms with Gasteiger partial charge in [0.15, 0.2) is 0 Å². The van der Waals surface area contributed by atoms with Crippen molar-refractivity contribution in [1.29, 1.82) is 0 Å². The number of nitrogens with zero attached hydrogens (tertiary/aromatic N) is 2. The van der Waals surface area contributed by atoms with E-state index in [4.69, 9.17) is 0 Å². The van der Waals surface area contributed by atoms with Crippen molar-refractivity contribution >= 4 is 15.9 Å². The van der Waals surface area contributed by atoms with Gasteiger partial charge in [-0.15, -0.1) is 0 Å². The zero-order valence-corrected chi connectivity index (χ0v) is 13.0. The minimum atomic E-state index is -3.60. The molecule has 1 aromatic heterocycles. The highest BCUT2D eigenvalue weighted by Crippen LogP contribution is 2.23. The number of hydrogen-bond donors (Lipinski definition) is 1. The summed E-state index contributed by atoms with van der Waals surface area (Å²) < 4.78 is 27.2. The average molecular weight is 287 g/mol. The number of carbonyl (C=O) groups excluding carboxylic acids is 1. The maximum absolute atomic E-state index is 12.0. The van der Waals surface area contributed by atoms with E-state index in [2.05, 4.69) is 9.82 Å². The van der Waals surface area contributed by atoms with E-state index in [1.165, 1.54) is 13.8 Å². The van der Waals surface area contributed by atoms with Crippen LogP contribution in [-0.2, 0) is 21.9 Å².